The summed E-state index contributed by atoms with van der Waals surface area (Å²) in [6, 6.07) is 0.317. The van der Waals surface area contributed by atoms with Gasteiger partial charge in [-0.15, -0.1) is 0 Å². The van der Waals surface area contributed by atoms with Crippen LogP contribution in [0.4, 0.5) is 0 Å². The van der Waals surface area contributed by atoms with Crippen molar-refractivity contribution in [3.05, 3.63) is 12.2 Å². The first-order valence-electron chi connectivity index (χ1n) is 3.26. The largest absolute Gasteiger partial charge is 0.273 e. The van der Waals surface area contributed by atoms with E-state index in [0.717, 1.165) is 6.42 Å². The number of fused-ring (bicyclic) bond motifs is 1. The van der Waals surface area contributed by atoms with Gasteiger partial charge in [0.15, 0.2) is 0 Å². The topological polar surface area (TPSA) is 31.2 Å². The number of carbonyl (C=O) groups excluding carboxylic acids is 1. The summed E-state index contributed by atoms with van der Waals surface area (Å²) >= 11 is 0. The van der Waals surface area contributed by atoms with Crippen molar-refractivity contribution in [2.45, 2.75) is 18.9 Å². The summed E-state index contributed by atoms with van der Waals surface area (Å²) in [4.78, 5) is 10.7. The highest BCUT2D eigenvalue weighted by atomic mass is 16.2. The van der Waals surface area contributed by atoms with Gasteiger partial charge < -0.3 is 0 Å². The second kappa shape index (κ2) is 1.59. The van der Waals surface area contributed by atoms with Gasteiger partial charge in [-0.25, -0.2) is 5.32 Å². The summed E-state index contributed by atoms with van der Waals surface area (Å²) in [6.45, 7) is 0. The molecule has 1 saturated heterocycles. The Morgan fingerprint density at radius 1 is 1.67 bits per heavy atom. The van der Waals surface area contributed by atoms with Crippen LogP contribution in [0.5, 0.6) is 0 Å². The van der Waals surface area contributed by atoms with Crippen LogP contribution in [-0.4, -0.2) is 11.9 Å². The molecule has 2 heteroatoms. The molecule has 2 rings (SSSR count). The molecule has 2 nitrogen and oxygen atoms in total. The molecule has 1 heterocycles. The van der Waals surface area contributed by atoms with Crippen LogP contribution in [0.1, 0.15) is 12.8 Å². The van der Waals surface area contributed by atoms with Crippen molar-refractivity contribution in [1.82, 2.24) is 5.32 Å². The number of hydrogen-bond donors (Lipinski definition) is 0. The van der Waals surface area contributed by atoms with Crippen molar-refractivity contribution in [1.29, 1.82) is 0 Å². The summed E-state index contributed by atoms with van der Waals surface area (Å²) in [7, 11) is 0. The van der Waals surface area contributed by atoms with Gasteiger partial charge >= 0.3 is 0 Å². The summed E-state index contributed by atoms with van der Waals surface area (Å²) in [6.07, 6.45) is 5.86. The third-order valence-corrected chi connectivity index (χ3v) is 1.98. The Hall–Kier alpha value is -0.790. The zero-order valence-electron chi connectivity index (χ0n) is 5.08. The average Bonchev–Trinajstić information content (AvgIpc) is 2.22. The van der Waals surface area contributed by atoms with Gasteiger partial charge in [0.05, 0.1) is 6.04 Å². The van der Waals surface area contributed by atoms with E-state index in [2.05, 4.69) is 17.5 Å². The van der Waals surface area contributed by atoms with Gasteiger partial charge in [-0.3, -0.25) is 4.79 Å². The molecule has 0 aromatic rings. The molecule has 1 fully saturated rings. The fourth-order valence-corrected chi connectivity index (χ4v) is 1.49. The molecule has 1 aliphatic heterocycles. The first-order valence-corrected chi connectivity index (χ1v) is 3.26. The molecule has 2 aliphatic rings. The van der Waals surface area contributed by atoms with E-state index in [1.807, 2.05) is 0 Å². The van der Waals surface area contributed by atoms with Crippen molar-refractivity contribution in [3.8, 4) is 0 Å². The van der Waals surface area contributed by atoms with E-state index in [0.29, 0.717) is 18.4 Å². The molecule has 0 N–H and O–H groups in total. The lowest BCUT2D eigenvalue weighted by Crippen LogP contribution is -2.17. The zero-order valence-corrected chi connectivity index (χ0v) is 5.08. The molecule has 1 amide bonds. The Morgan fingerprint density at radius 2 is 2.56 bits per heavy atom. The second-order valence-electron chi connectivity index (χ2n) is 2.62. The Balaban J connectivity index is 2.17. The predicted molar refractivity (Wildman–Crippen MR) is 32.8 cm³/mol. The minimum absolute atomic E-state index is 0.0920. The number of nitrogens with zero attached hydrogens (tertiary/aromatic N) is 1. The van der Waals surface area contributed by atoms with Crippen LogP contribution < -0.4 is 5.32 Å². The Kier molecular flexibility index (Phi) is 0.891. The summed E-state index contributed by atoms with van der Waals surface area (Å²) < 4.78 is 0. The highest BCUT2D eigenvalue weighted by molar-refractivity contribution is 5.79. The van der Waals surface area contributed by atoms with Gasteiger partial charge in [0.2, 0.25) is 5.91 Å². The number of carbonyl (C=O) groups is 1. The molecule has 2 atom stereocenters. The molecule has 1 radical (unpaired) electrons. The van der Waals surface area contributed by atoms with Gasteiger partial charge in [-0.2, -0.15) is 0 Å². The fraction of sp³-hybridized carbons (Fsp3) is 0.571. The summed E-state index contributed by atoms with van der Waals surface area (Å²) in [5, 5.41) is 3.95. The Bertz CT molecular complexity index is 174. The number of rotatable bonds is 0. The van der Waals surface area contributed by atoms with Crippen LogP contribution in [0.2, 0.25) is 0 Å². The summed E-state index contributed by atoms with van der Waals surface area (Å²) in [5.74, 6) is 0.548. The molecule has 0 aromatic carbocycles. The van der Waals surface area contributed by atoms with Crippen LogP contribution >= 0.6 is 0 Å². The maximum Gasteiger partial charge on any atom is 0.242 e. The monoisotopic (exact) mass is 122 g/mol. The highest BCUT2D eigenvalue weighted by Crippen LogP contribution is 2.27. The lowest BCUT2D eigenvalue weighted by molar-refractivity contribution is -0.119. The van der Waals surface area contributed by atoms with E-state index in [1.165, 1.54) is 0 Å². The maximum absolute atomic E-state index is 10.7. The van der Waals surface area contributed by atoms with E-state index >= 15 is 0 Å². The average molecular weight is 122 g/mol. The van der Waals surface area contributed by atoms with Crippen molar-refractivity contribution in [2.24, 2.45) is 5.92 Å². The van der Waals surface area contributed by atoms with Crippen LogP contribution in [0.25, 0.3) is 0 Å². The lowest BCUT2D eigenvalue weighted by atomic mass is 10.1. The summed E-state index contributed by atoms with van der Waals surface area (Å²) in [5.41, 5.74) is 0. The number of hydrogen-bond acceptors (Lipinski definition) is 1. The van der Waals surface area contributed by atoms with Gasteiger partial charge in [-0.05, 0) is 6.42 Å². The molecular formula is C7H8NO. The van der Waals surface area contributed by atoms with Gasteiger partial charge in [-0.1, -0.05) is 12.2 Å². The highest BCUT2D eigenvalue weighted by Gasteiger charge is 2.34. The van der Waals surface area contributed by atoms with E-state index in [-0.39, 0.29) is 5.91 Å². The van der Waals surface area contributed by atoms with Crippen molar-refractivity contribution in [3.63, 3.8) is 0 Å². The first-order chi connectivity index (χ1) is 4.36. The van der Waals surface area contributed by atoms with Crippen LogP contribution in [0.3, 0.4) is 0 Å². The molecule has 0 spiro atoms. The van der Waals surface area contributed by atoms with Crippen molar-refractivity contribution >= 4 is 5.91 Å². The normalized spacial score (nSPS) is 38.9. The first kappa shape index (κ1) is 5.03. The molecule has 0 bridgehead atoms. The second-order valence-corrected chi connectivity index (χ2v) is 2.62. The molecule has 0 saturated carbocycles. The zero-order chi connectivity index (χ0) is 6.27. The number of amides is 1. The van der Waals surface area contributed by atoms with E-state index in [9.17, 15) is 4.79 Å². The maximum atomic E-state index is 10.7. The third-order valence-electron chi connectivity index (χ3n) is 1.98. The van der Waals surface area contributed by atoms with E-state index < -0.39 is 0 Å². The van der Waals surface area contributed by atoms with E-state index in [1.54, 1.807) is 0 Å². The van der Waals surface area contributed by atoms with E-state index in [4.69, 9.17) is 0 Å². The Morgan fingerprint density at radius 3 is 3.33 bits per heavy atom. The van der Waals surface area contributed by atoms with Gasteiger partial charge in [0, 0.05) is 12.3 Å². The minimum atomic E-state index is 0.0920. The smallest absolute Gasteiger partial charge is 0.242 e. The third kappa shape index (κ3) is 0.661. The lowest BCUT2D eigenvalue weighted by Gasteiger charge is -2.02. The van der Waals surface area contributed by atoms with Crippen LogP contribution in [0.15, 0.2) is 12.2 Å². The van der Waals surface area contributed by atoms with Crippen molar-refractivity contribution < 1.29 is 4.79 Å². The fourth-order valence-electron chi connectivity index (χ4n) is 1.49. The van der Waals surface area contributed by atoms with Crippen LogP contribution in [0, 0.1) is 5.92 Å². The van der Waals surface area contributed by atoms with Gasteiger partial charge in [0.1, 0.15) is 0 Å². The van der Waals surface area contributed by atoms with Gasteiger partial charge in [0.25, 0.3) is 0 Å². The Labute approximate surface area is 53.9 Å². The molecule has 9 heavy (non-hydrogen) atoms. The van der Waals surface area contributed by atoms with Crippen molar-refractivity contribution in [2.75, 3.05) is 0 Å². The molecule has 1 aliphatic carbocycles. The predicted octanol–water partition coefficient (Wildman–Crippen LogP) is 0.466. The molecule has 0 aromatic heterocycles. The standard InChI is InChI=1S/C7H8NO/c9-7-4-5-2-1-3-6(5)8-7/h1-2,5-6H,3-4H2. The SMILES string of the molecule is O=C1CC2C=CCC2[N]1. The minimum Gasteiger partial charge on any atom is -0.273 e. The van der Waals surface area contributed by atoms with Crippen LogP contribution in [-0.2, 0) is 4.79 Å². The molecule has 47 valence electrons. The molecule has 2 unspecified atom stereocenters. The quantitative estimate of drug-likeness (QED) is 0.429. The molecular weight excluding hydrogens is 114 g/mol.